The quantitative estimate of drug-likeness (QED) is 0.198. The molecule has 0 aliphatic carbocycles. The second-order valence-electron chi connectivity index (χ2n) is 7.81. The summed E-state index contributed by atoms with van der Waals surface area (Å²) in [6.07, 6.45) is 17.7. The molecule has 0 spiro atoms. The zero-order chi connectivity index (χ0) is 21.3. The van der Waals surface area contributed by atoms with E-state index < -0.39 is 0 Å². The molecule has 0 aliphatic rings. The highest BCUT2D eigenvalue weighted by Crippen LogP contribution is 2.15. The van der Waals surface area contributed by atoms with Gasteiger partial charge in [-0.05, 0) is 12.8 Å². The summed E-state index contributed by atoms with van der Waals surface area (Å²) in [4.78, 5) is 0. The zero-order valence-corrected chi connectivity index (χ0v) is 19.5. The molecule has 0 aromatic heterocycles. The highest BCUT2D eigenvalue weighted by atomic mass is 16.6. The predicted molar refractivity (Wildman–Crippen MR) is 121 cm³/mol. The lowest BCUT2D eigenvalue weighted by atomic mass is 10.0. The maximum Gasteiger partial charge on any atom is 0.0704 e. The van der Waals surface area contributed by atoms with Crippen molar-refractivity contribution in [3.63, 3.8) is 0 Å². The van der Waals surface area contributed by atoms with Gasteiger partial charge in [0.05, 0.1) is 59.0 Å². The molecular weight excluding hydrogens is 368 g/mol. The van der Waals surface area contributed by atoms with E-state index in [4.69, 9.17) is 24.1 Å². The van der Waals surface area contributed by atoms with Gasteiger partial charge in [-0.2, -0.15) is 0 Å². The lowest BCUT2D eigenvalue weighted by Crippen LogP contribution is -2.17. The Bertz CT molecular complexity index is 288. The smallest absolute Gasteiger partial charge is 0.0704 e. The van der Waals surface area contributed by atoms with Gasteiger partial charge in [-0.25, -0.2) is 0 Å². The van der Waals surface area contributed by atoms with Crippen molar-refractivity contribution >= 4 is 0 Å². The molecule has 0 rings (SSSR count). The molecule has 1 atom stereocenters. The molecule has 0 fully saturated rings. The molecule has 0 heterocycles. The summed E-state index contributed by atoms with van der Waals surface area (Å²) in [6, 6.07) is 0. The van der Waals surface area contributed by atoms with Crippen molar-refractivity contribution in [2.75, 3.05) is 52.9 Å². The van der Waals surface area contributed by atoms with E-state index in [0.717, 1.165) is 6.42 Å². The van der Waals surface area contributed by atoms with E-state index in [1.165, 1.54) is 77.0 Å². The van der Waals surface area contributed by atoms with Gasteiger partial charge in [0.15, 0.2) is 0 Å². The van der Waals surface area contributed by atoms with Gasteiger partial charge in [0.1, 0.15) is 0 Å². The van der Waals surface area contributed by atoms with E-state index in [-0.39, 0.29) is 6.61 Å². The van der Waals surface area contributed by atoms with Crippen LogP contribution in [0.5, 0.6) is 0 Å². The van der Waals surface area contributed by atoms with Crippen LogP contribution in [-0.2, 0) is 18.9 Å². The molecule has 0 saturated heterocycles. The highest BCUT2D eigenvalue weighted by molar-refractivity contribution is 4.58. The Morgan fingerprint density at radius 2 is 1.00 bits per heavy atom. The molecule has 0 radical (unpaired) electrons. The van der Waals surface area contributed by atoms with Crippen LogP contribution in [0.2, 0.25) is 0 Å². The largest absolute Gasteiger partial charge is 0.394 e. The molecule has 1 N–H and O–H groups in total. The van der Waals surface area contributed by atoms with Crippen LogP contribution in [0.1, 0.15) is 97.3 Å². The van der Waals surface area contributed by atoms with E-state index in [0.29, 0.717) is 52.4 Å². The number of hydrogen-bond donors (Lipinski definition) is 1. The van der Waals surface area contributed by atoms with Crippen LogP contribution < -0.4 is 0 Å². The first-order valence-electron chi connectivity index (χ1n) is 12.3. The molecule has 1 unspecified atom stereocenters. The number of rotatable bonds is 25. The Morgan fingerprint density at radius 1 is 0.517 bits per heavy atom. The van der Waals surface area contributed by atoms with Crippen LogP contribution >= 0.6 is 0 Å². The third kappa shape index (κ3) is 23.9. The minimum atomic E-state index is 0.0569. The number of aliphatic hydroxyl groups is 1. The summed E-state index contributed by atoms with van der Waals surface area (Å²) in [5.74, 6) is 0. The van der Waals surface area contributed by atoms with Gasteiger partial charge in [-0.3, -0.25) is 0 Å². The van der Waals surface area contributed by atoms with Crippen molar-refractivity contribution < 1.29 is 24.1 Å². The molecule has 5 nitrogen and oxygen atoms in total. The Balaban J connectivity index is 3.40. The maximum absolute atomic E-state index is 8.59. The second-order valence-corrected chi connectivity index (χ2v) is 7.81. The topological polar surface area (TPSA) is 57.2 Å². The first-order valence-corrected chi connectivity index (χ1v) is 12.3. The number of unbranched alkanes of at least 4 members (excludes halogenated alkanes) is 9. The highest BCUT2D eigenvalue weighted by Gasteiger charge is 2.07. The Labute approximate surface area is 180 Å². The standard InChI is InChI=1S/C24H50O5/c1-3-5-6-7-8-9-10-11-12-13-15-24(14-4-2)29-23-22-28-21-20-27-19-18-26-17-16-25/h24-25H,3-23H2,1-2H3. The summed E-state index contributed by atoms with van der Waals surface area (Å²) < 4.78 is 22.1. The van der Waals surface area contributed by atoms with Crippen molar-refractivity contribution in [3.05, 3.63) is 0 Å². The van der Waals surface area contributed by atoms with Crippen molar-refractivity contribution in [2.45, 2.75) is 103 Å². The fraction of sp³-hybridized carbons (Fsp3) is 1.00. The molecule has 0 aromatic carbocycles. The summed E-state index contributed by atoms with van der Waals surface area (Å²) in [7, 11) is 0. The monoisotopic (exact) mass is 418 g/mol. The van der Waals surface area contributed by atoms with Gasteiger partial charge >= 0.3 is 0 Å². The Hall–Kier alpha value is -0.200. The molecule has 176 valence electrons. The number of aliphatic hydroxyl groups excluding tert-OH is 1. The SMILES string of the molecule is CCCCCCCCCCCCC(CCC)OCCOCCOCCOCCO. The van der Waals surface area contributed by atoms with Gasteiger partial charge in [0, 0.05) is 0 Å². The predicted octanol–water partition coefficient (Wildman–Crippen LogP) is 5.52. The van der Waals surface area contributed by atoms with Gasteiger partial charge < -0.3 is 24.1 Å². The molecule has 0 bridgehead atoms. The summed E-state index contributed by atoms with van der Waals surface area (Å²) in [5.41, 5.74) is 0. The molecular formula is C24H50O5. The summed E-state index contributed by atoms with van der Waals surface area (Å²) >= 11 is 0. The zero-order valence-electron chi connectivity index (χ0n) is 19.5. The average molecular weight is 419 g/mol. The third-order valence-corrected chi connectivity index (χ3v) is 5.05. The van der Waals surface area contributed by atoms with Gasteiger partial charge in [-0.1, -0.05) is 84.5 Å². The minimum Gasteiger partial charge on any atom is -0.394 e. The maximum atomic E-state index is 8.59. The van der Waals surface area contributed by atoms with Gasteiger partial charge in [0.25, 0.3) is 0 Å². The van der Waals surface area contributed by atoms with Crippen LogP contribution in [0.3, 0.4) is 0 Å². The molecule has 0 saturated carbocycles. The van der Waals surface area contributed by atoms with Crippen molar-refractivity contribution in [3.8, 4) is 0 Å². The lowest BCUT2D eigenvalue weighted by Gasteiger charge is -2.17. The van der Waals surface area contributed by atoms with Gasteiger partial charge in [-0.15, -0.1) is 0 Å². The molecule has 29 heavy (non-hydrogen) atoms. The van der Waals surface area contributed by atoms with Crippen molar-refractivity contribution in [1.29, 1.82) is 0 Å². The normalized spacial score (nSPS) is 12.5. The van der Waals surface area contributed by atoms with E-state index in [1.54, 1.807) is 0 Å². The Kier molecular flexibility index (Phi) is 25.7. The first kappa shape index (κ1) is 28.8. The van der Waals surface area contributed by atoms with Crippen LogP contribution in [0.15, 0.2) is 0 Å². The Morgan fingerprint density at radius 3 is 1.52 bits per heavy atom. The van der Waals surface area contributed by atoms with E-state index in [1.807, 2.05) is 0 Å². The van der Waals surface area contributed by atoms with Crippen LogP contribution in [0.4, 0.5) is 0 Å². The second kappa shape index (κ2) is 25.8. The third-order valence-electron chi connectivity index (χ3n) is 5.05. The average Bonchev–Trinajstić information content (AvgIpc) is 2.73. The van der Waals surface area contributed by atoms with E-state index in [9.17, 15) is 0 Å². The molecule has 5 heteroatoms. The van der Waals surface area contributed by atoms with Crippen LogP contribution in [0, 0.1) is 0 Å². The molecule has 0 amide bonds. The van der Waals surface area contributed by atoms with Crippen LogP contribution in [0.25, 0.3) is 0 Å². The fourth-order valence-electron chi connectivity index (χ4n) is 3.37. The van der Waals surface area contributed by atoms with Crippen molar-refractivity contribution in [2.24, 2.45) is 0 Å². The summed E-state index contributed by atoms with van der Waals surface area (Å²) in [6.45, 7) is 8.44. The fourth-order valence-corrected chi connectivity index (χ4v) is 3.37. The molecule has 0 aliphatic heterocycles. The lowest BCUT2D eigenvalue weighted by molar-refractivity contribution is -0.0242. The van der Waals surface area contributed by atoms with E-state index >= 15 is 0 Å². The van der Waals surface area contributed by atoms with E-state index in [2.05, 4.69) is 13.8 Å². The van der Waals surface area contributed by atoms with Gasteiger partial charge in [0.2, 0.25) is 0 Å². The first-order chi connectivity index (χ1) is 14.3. The number of ether oxygens (including phenoxy) is 4. The summed E-state index contributed by atoms with van der Waals surface area (Å²) in [5, 5.41) is 8.59. The van der Waals surface area contributed by atoms with Crippen molar-refractivity contribution in [1.82, 2.24) is 0 Å². The van der Waals surface area contributed by atoms with Crippen LogP contribution in [-0.4, -0.2) is 64.1 Å². The molecule has 0 aromatic rings. The minimum absolute atomic E-state index is 0.0569. The number of hydrogen-bond acceptors (Lipinski definition) is 5.